The van der Waals surface area contributed by atoms with Crippen molar-refractivity contribution in [3.05, 3.63) is 45.6 Å². The van der Waals surface area contributed by atoms with E-state index in [1.807, 2.05) is 6.92 Å². The number of hydrogen-bond donors (Lipinski definition) is 1. The summed E-state index contributed by atoms with van der Waals surface area (Å²) in [4.78, 5) is 36.6. The number of nitrogens with zero attached hydrogens (tertiary/aromatic N) is 1. The molecule has 2 aromatic rings. The molecule has 0 aliphatic rings. The van der Waals surface area contributed by atoms with Gasteiger partial charge < -0.3 is 19.8 Å². The fraction of sp³-hybridized carbons (Fsp3) is 0.278. The maximum atomic E-state index is 12.5. The van der Waals surface area contributed by atoms with Crippen molar-refractivity contribution in [1.82, 2.24) is 4.57 Å². The molecule has 0 fully saturated rings. The van der Waals surface area contributed by atoms with Gasteiger partial charge in [-0.1, -0.05) is 35.0 Å². The summed E-state index contributed by atoms with van der Waals surface area (Å²) in [5, 5.41) is 0. The molecule has 0 spiro atoms. The summed E-state index contributed by atoms with van der Waals surface area (Å²) < 4.78 is 12.2. The first-order chi connectivity index (χ1) is 12.3. The second-order valence-corrected chi connectivity index (χ2v) is 6.36. The normalized spacial score (nSPS) is 10.5. The Balaban J connectivity index is 2.94. The van der Waals surface area contributed by atoms with E-state index in [-0.39, 0.29) is 17.7 Å². The number of ether oxygens (including phenoxy) is 2. The molecule has 0 atom stereocenters. The van der Waals surface area contributed by atoms with Crippen molar-refractivity contribution < 1.29 is 23.9 Å². The summed E-state index contributed by atoms with van der Waals surface area (Å²) in [5.74, 6) is -1.97. The van der Waals surface area contributed by atoms with Crippen LogP contribution < -0.4 is 5.73 Å². The number of halogens is 1. The van der Waals surface area contributed by atoms with Crippen LogP contribution in [0.2, 0.25) is 0 Å². The van der Waals surface area contributed by atoms with Gasteiger partial charge >= 0.3 is 11.9 Å². The number of nitrogens with two attached hydrogens (primary N) is 1. The number of methoxy groups -OCH3 is 2. The smallest absolute Gasteiger partial charge is 0.340 e. The molecule has 0 aliphatic carbocycles. The van der Waals surface area contributed by atoms with Crippen LogP contribution in [0.15, 0.2) is 28.7 Å². The fourth-order valence-corrected chi connectivity index (χ4v) is 3.16. The Hall–Kier alpha value is -2.61. The van der Waals surface area contributed by atoms with Gasteiger partial charge in [0.15, 0.2) is 0 Å². The summed E-state index contributed by atoms with van der Waals surface area (Å²) >= 11 is 3.36. The van der Waals surface area contributed by atoms with Crippen molar-refractivity contribution in [3.63, 3.8) is 0 Å². The molecular formula is C18H19BrN2O5. The topological polar surface area (TPSA) is 101 Å². The lowest BCUT2D eigenvalue weighted by Crippen LogP contribution is -2.21. The summed E-state index contributed by atoms with van der Waals surface area (Å²) in [5.41, 5.74) is 7.04. The van der Waals surface area contributed by atoms with Crippen LogP contribution in [0, 0.1) is 0 Å². The Morgan fingerprint density at radius 2 is 1.58 bits per heavy atom. The molecule has 2 N–H and O–H groups in total. The maximum Gasteiger partial charge on any atom is 0.340 e. The predicted molar refractivity (Wildman–Crippen MR) is 98.8 cm³/mol. The van der Waals surface area contributed by atoms with Gasteiger partial charge in [-0.25, -0.2) is 9.59 Å². The third-order valence-corrected chi connectivity index (χ3v) is 4.45. The highest BCUT2D eigenvalue weighted by Gasteiger charge is 2.32. The van der Waals surface area contributed by atoms with Crippen LogP contribution in [0.1, 0.15) is 33.3 Å². The first kappa shape index (κ1) is 19.7. The zero-order valence-corrected chi connectivity index (χ0v) is 16.3. The molecule has 1 aromatic heterocycles. The van der Waals surface area contributed by atoms with Crippen molar-refractivity contribution in [2.45, 2.75) is 19.9 Å². The number of aromatic nitrogens is 1. The molecular weight excluding hydrogens is 404 g/mol. The molecule has 8 heteroatoms. The number of amides is 1. The second-order valence-electron chi connectivity index (χ2n) is 5.44. The lowest BCUT2D eigenvalue weighted by molar-refractivity contribution is -0.118. The largest absolute Gasteiger partial charge is 0.465 e. The third kappa shape index (κ3) is 3.65. The average molecular weight is 423 g/mol. The molecule has 0 unspecified atom stereocenters. The Bertz CT molecular complexity index is 855. The first-order valence-corrected chi connectivity index (χ1v) is 8.61. The van der Waals surface area contributed by atoms with Crippen LogP contribution in [0.25, 0.3) is 11.3 Å². The van der Waals surface area contributed by atoms with Gasteiger partial charge in [-0.2, -0.15) is 0 Å². The zero-order valence-electron chi connectivity index (χ0n) is 14.7. The number of carbonyl (C=O) groups excluding carboxylic acids is 3. The predicted octanol–water partition coefficient (Wildman–Crippen LogP) is 2.54. The van der Waals surface area contributed by atoms with Gasteiger partial charge in [0.05, 0.1) is 25.5 Å². The van der Waals surface area contributed by atoms with Crippen LogP contribution in [-0.4, -0.2) is 36.6 Å². The minimum absolute atomic E-state index is 0.0553. The summed E-state index contributed by atoms with van der Waals surface area (Å²) in [6.45, 7) is 1.63. The van der Waals surface area contributed by atoms with Crippen LogP contribution in [0.4, 0.5) is 0 Å². The van der Waals surface area contributed by atoms with Crippen molar-refractivity contribution in [1.29, 1.82) is 0 Å². The number of benzene rings is 1. The molecule has 138 valence electrons. The number of esters is 2. The van der Waals surface area contributed by atoms with Crippen LogP contribution in [0.5, 0.6) is 0 Å². The van der Waals surface area contributed by atoms with Gasteiger partial charge in [-0.05, 0) is 24.1 Å². The highest BCUT2D eigenvalue weighted by molar-refractivity contribution is 9.10. The van der Waals surface area contributed by atoms with Gasteiger partial charge in [0.25, 0.3) is 0 Å². The van der Waals surface area contributed by atoms with Crippen molar-refractivity contribution >= 4 is 33.8 Å². The first-order valence-electron chi connectivity index (χ1n) is 7.81. The van der Waals surface area contributed by atoms with Crippen LogP contribution in [0.3, 0.4) is 0 Å². The number of carbonyl (C=O) groups is 3. The minimum atomic E-state index is -0.693. The summed E-state index contributed by atoms with van der Waals surface area (Å²) in [7, 11) is 2.46. The molecule has 0 saturated carbocycles. The average Bonchev–Trinajstić information content (AvgIpc) is 2.94. The molecule has 26 heavy (non-hydrogen) atoms. The van der Waals surface area contributed by atoms with E-state index in [2.05, 4.69) is 15.9 Å². The molecule has 1 amide bonds. The molecule has 2 rings (SSSR count). The maximum absolute atomic E-state index is 12.5. The fourth-order valence-electron chi connectivity index (χ4n) is 2.90. The van der Waals surface area contributed by atoms with Crippen molar-refractivity contribution in [2.24, 2.45) is 5.73 Å². The zero-order chi connectivity index (χ0) is 19.4. The standard InChI is InChI=1S/C18H19BrN2O5/c1-4-12-14(17(23)25-2)15(18(24)26-3)16(21(12)9-13(20)22)10-5-7-11(19)8-6-10/h5-8H,4,9H2,1-3H3,(H2,20,22). The van der Waals surface area contributed by atoms with Gasteiger partial charge in [0.2, 0.25) is 5.91 Å². The quantitative estimate of drug-likeness (QED) is 0.720. The molecule has 0 saturated heterocycles. The van der Waals surface area contributed by atoms with Crippen LogP contribution in [-0.2, 0) is 27.2 Å². The molecule has 0 bridgehead atoms. The molecule has 0 radical (unpaired) electrons. The number of hydrogen-bond acceptors (Lipinski definition) is 5. The Morgan fingerprint density at radius 1 is 1.04 bits per heavy atom. The van der Waals surface area contributed by atoms with Gasteiger partial charge in [-0.15, -0.1) is 0 Å². The Kier molecular flexibility index (Phi) is 6.20. The molecule has 7 nitrogen and oxygen atoms in total. The van der Waals surface area contributed by atoms with E-state index in [1.165, 1.54) is 14.2 Å². The number of rotatable bonds is 6. The lowest BCUT2D eigenvalue weighted by atomic mass is 10.0. The van der Waals surface area contributed by atoms with Crippen LogP contribution >= 0.6 is 15.9 Å². The van der Waals surface area contributed by atoms with E-state index >= 15 is 0 Å². The lowest BCUT2D eigenvalue weighted by Gasteiger charge is -2.12. The van der Waals surface area contributed by atoms with E-state index in [0.717, 1.165) is 4.47 Å². The molecule has 1 aromatic carbocycles. The van der Waals surface area contributed by atoms with Crippen molar-refractivity contribution in [2.75, 3.05) is 14.2 Å². The van der Waals surface area contributed by atoms with Gasteiger partial charge in [0.1, 0.15) is 12.1 Å². The molecule has 1 heterocycles. The Labute approximate surface area is 159 Å². The summed E-state index contributed by atoms with van der Waals surface area (Å²) in [6, 6.07) is 7.12. The second kappa shape index (κ2) is 8.18. The van der Waals surface area contributed by atoms with Gasteiger partial charge in [-0.3, -0.25) is 4.79 Å². The highest BCUT2D eigenvalue weighted by Crippen LogP contribution is 2.34. The van der Waals surface area contributed by atoms with Crippen molar-refractivity contribution in [3.8, 4) is 11.3 Å². The van der Waals surface area contributed by atoms with E-state index in [9.17, 15) is 14.4 Å². The Morgan fingerprint density at radius 3 is 2.04 bits per heavy atom. The SMILES string of the molecule is CCc1c(C(=O)OC)c(C(=O)OC)c(-c2ccc(Br)cc2)n1CC(N)=O. The van der Waals surface area contributed by atoms with E-state index in [1.54, 1.807) is 28.8 Å². The summed E-state index contributed by atoms with van der Waals surface area (Å²) in [6.07, 6.45) is 0.387. The minimum Gasteiger partial charge on any atom is -0.465 e. The molecule has 0 aliphatic heterocycles. The van der Waals surface area contributed by atoms with E-state index in [4.69, 9.17) is 15.2 Å². The third-order valence-electron chi connectivity index (χ3n) is 3.92. The number of primary amides is 1. The van der Waals surface area contributed by atoms with E-state index in [0.29, 0.717) is 23.4 Å². The highest BCUT2D eigenvalue weighted by atomic mass is 79.9. The monoisotopic (exact) mass is 422 g/mol. The van der Waals surface area contributed by atoms with E-state index < -0.39 is 17.8 Å². The van der Waals surface area contributed by atoms with Gasteiger partial charge in [0, 0.05) is 10.2 Å².